The summed E-state index contributed by atoms with van der Waals surface area (Å²) in [7, 11) is 0. The molecular weight excluding hydrogens is 148 g/mol. The number of nitrogens with one attached hydrogen (secondary N) is 1. The summed E-state index contributed by atoms with van der Waals surface area (Å²) in [4.78, 5) is 2.33. The molecule has 1 aliphatic heterocycles. The SMILES string of the molecule is C#CCN(CC)CC1CCNC1. The molecule has 0 radical (unpaired) electrons. The third-order valence-corrected chi connectivity index (χ3v) is 2.44. The van der Waals surface area contributed by atoms with E-state index >= 15 is 0 Å². The summed E-state index contributed by atoms with van der Waals surface area (Å²) < 4.78 is 0. The van der Waals surface area contributed by atoms with Crippen molar-refractivity contribution in [3.8, 4) is 12.3 Å². The van der Waals surface area contributed by atoms with E-state index in [1.807, 2.05) is 0 Å². The van der Waals surface area contributed by atoms with Gasteiger partial charge in [-0.3, -0.25) is 4.90 Å². The van der Waals surface area contributed by atoms with Crippen LogP contribution in [0.2, 0.25) is 0 Å². The molecule has 0 aromatic carbocycles. The Morgan fingerprint density at radius 1 is 1.67 bits per heavy atom. The molecule has 1 fully saturated rings. The van der Waals surface area contributed by atoms with Crippen LogP contribution in [0.1, 0.15) is 13.3 Å². The van der Waals surface area contributed by atoms with E-state index in [1.165, 1.54) is 19.5 Å². The lowest BCUT2D eigenvalue weighted by Gasteiger charge is -2.20. The number of terminal acetylenes is 1. The largest absolute Gasteiger partial charge is 0.316 e. The zero-order valence-electron chi connectivity index (χ0n) is 7.84. The molecule has 68 valence electrons. The average molecular weight is 166 g/mol. The quantitative estimate of drug-likeness (QED) is 0.614. The predicted octanol–water partition coefficient (Wildman–Crippen LogP) is 0.551. The van der Waals surface area contributed by atoms with Crippen molar-refractivity contribution in [3.05, 3.63) is 0 Å². The lowest BCUT2D eigenvalue weighted by Crippen LogP contribution is -2.30. The molecule has 1 unspecified atom stereocenters. The fourth-order valence-electron chi connectivity index (χ4n) is 1.67. The van der Waals surface area contributed by atoms with Crippen molar-refractivity contribution in [2.45, 2.75) is 13.3 Å². The molecule has 0 aliphatic carbocycles. The Balaban J connectivity index is 2.21. The molecule has 1 rings (SSSR count). The van der Waals surface area contributed by atoms with Crippen LogP contribution in [0.5, 0.6) is 0 Å². The zero-order chi connectivity index (χ0) is 8.81. The smallest absolute Gasteiger partial charge is 0.0598 e. The van der Waals surface area contributed by atoms with Gasteiger partial charge in [-0.1, -0.05) is 12.8 Å². The summed E-state index contributed by atoms with van der Waals surface area (Å²) in [6.45, 7) is 7.54. The molecule has 1 heterocycles. The van der Waals surface area contributed by atoms with Crippen LogP contribution in [-0.2, 0) is 0 Å². The van der Waals surface area contributed by atoms with Gasteiger partial charge in [-0.2, -0.15) is 0 Å². The highest BCUT2D eigenvalue weighted by atomic mass is 15.1. The lowest BCUT2D eigenvalue weighted by atomic mass is 10.1. The minimum absolute atomic E-state index is 0.799. The molecule has 1 N–H and O–H groups in total. The molecule has 0 aromatic rings. The minimum Gasteiger partial charge on any atom is -0.316 e. The van der Waals surface area contributed by atoms with Crippen molar-refractivity contribution < 1.29 is 0 Å². The number of rotatable bonds is 4. The molecule has 1 aliphatic rings. The van der Waals surface area contributed by atoms with Crippen molar-refractivity contribution in [2.75, 3.05) is 32.7 Å². The first-order valence-electron chi connectivity index (χ1n) is 4.73. The predicted molar refractivity (Wildman–Crippen MR) is 51.9 cm³/mol. The molecule has 0 saturated carbocycles. The summed E-state index contributed by atoms with van der Waals surface area (Å²) in [6, 6.07) is 0. The Hall–Kier alpha value is -0.520. The van der Waals surface area contributed by atoms with E-state index in [0.29, 0.717) is 0 Å². The van der Waals surface area contributed by atoms with Crippen LogP contribution < -0.4 is 5.32 Å². The van der Waals surface area contributed by atoms with Crippen molar-refractivity contribution in [2.24, 2.45) is 5.92 Å². The monoisotopic (exact) mass is 166 g/mol. The fraction of sp³-hybridized carbons (Fsp3) is 0.800. The fourth-order valence-corrected chi connectivity index (χ4v) is 1.67. The van der Waals surface area contributed by atoms with Crippen molar-refractivity contribution in [3.63, 3.8) is 0 Å². The topological polar surface area (TPSA) is 15.3 Å². The first kappa shape index (κ1) is 9.57. The van der Waals surface area contributed by atoms with Gasteiger partial charge in [0.25, 0.3) is 0 Å². The van der Waals surface area contributed by atoms with Gasteiger partial charge in [0.2, 0.25) is 0 Å². The van der Waals surface area contributed by atoms with Crippen LogP contribution in [0, 0.1) is 18.3 Å². The summed E-state index contributed by atoms with van der Waals surface area (Å²) >= 11 is 0. The average Bonchev–Trinajstić information content (AvgIpc) is 2.56. The van der Waals surface area contributed by atoms with Gasteiger partial charge in [0.1, 0.15) is 0 Å². The van der Waals surface area contributed by atoms with Gasteiger partial charge in [0.05, 0.1) is 6.54 Å². The Bertz CT molecular complexity index is 154. The molecule has 12 heavy (non-hydrogen) atoms. The van der Waals surface area contributed by atoms with Gasteiger partial charge in [-0.25, -0.2) is 0 Å². The number of hydrogen-bond acceptors (Lipinski definition) is 2. The highest BCUT2D eigenvalue weighted by Crippen LogP contribution is 2.08. The maximum atomic E-state index is 5.27. The van der Waals surface area contributed by atoms with E-state index in [0.717, 1.165) is 25.6 Å². The van der Waals surface area contributed by atoms with Crippen LogP contribution in [-0.4, -0.2) is 37.6 Å². The third-order valence-electron chi connectivity index (χ3n) is 2.44. The van der Waals surface area contributed by atoms with Gasteiger partial charge in [0, 0.05) is 6.54 Å². The molecule has 0 bridgehead atoms. The Morgan fingerprint density at radius 3 is 3.00 bits per heavy atom. The van der Waals surface area contributed by atoms with E-state index in [2.05, 4.69) is 23.1 Å². The maximum absolute atomic E-state index is 5.27. The first-order chi connectivity index (χ1) is 5.86. The maximum Gasteiger partial charge on any atom is 0.0598 e. The normalized spacial score (nSPS) is 22.9. The highest BCUT2D eigenvalue weighted by molar-refractivity contribution is 4.89. The second-order valence-corrected chi connectivity index (χ2v) is 3.39. The molecule has 1 atom stereocenters. The van der Waals surface area contributed by atoms with Gasteiger partial charge >= 0.3 is 0 Å². The van der Waals surface area contributed by atoms with E-state index in [9.17, 15) is 0 Å². The molecule has 1 saturated heterocycles. The summed E-state index contributed by atoms with van der Waals surface area (Å²) in [5, 5.41) is 3.37. The summed E-state index contributed by atoms with van der Waals surface area (Å²) in [6.07, 6.45) is 6.58. The van der Waals surface area contributed by atoms with Crippen molar-refractivity contribution >= 4 is 0 Å². The van der Waals surface area contributed by atoms with E-state index in [1.54, 1.807) is 0 Å². The second kappa shape index (κ2) is 5.18. The van der Waals surface area contributed by atoms with Crippen LogP contribution in [0.4, 0.5) is 0 Å². The van der Waals surface area contributed by atoms with Crippen LogP contribution >= 0.6 is 0 Å². The summed E-state index contributed by atoms with van der Waals surface area (Å²) in [5.74, 6) is 3.52. The number of nitrogens with zero attached hydrogens (tertiary/aromatic N) is 1. The minimum atomic E-state index is 0.799. The molecule has 0 amide bonds. The van der Waals surface area contributed by atoms with E-state index in [4.69, 9.17) is 6.42 Å². The van der Waals surface area contributed by atoms with Crippen LogP contribution in [0.3, 0.4) is 0 Å². The van der Waals surface area contributed by atoms with E-state index in [-0.39, 0.29) is 0 Å². The molecule has 0 aromatic heterocycles. The lowest BCUT2D eigenvalue weighted by molar-refractivity contribution is 0.276. The zero-order valence-corrected chi connectivity index (χ0v) is 7.84. The van der Waals surface area contributed by atoms with Crippen molar-refractivity contribution in [1.82, 2.24) is 10.2 Å². The third kappa shape index (κ3) is 2.84. The van der Waals surface area contributed by atoms with Gasteiger partial charge in [0.15, 0.2) is 0 Å². The van der Waals surface area contributed by atoms with Crippen LogP contribution in [0.25, 0.3) is 0 Å². The van der Waals surface area contributed by atoms with E-state index < -0.39 is 0 Å². The van der Waals surface area contributed by atoms with Crippen LogP contribution in [0.15, 0.2) is 0 Å². The van der Waals surface area contributed by atoms with Gasteiger partial charge in [-0.05, 0) is 32.0 Å². The Labute approximate surface area is 75.3 Å². The molecule has 0 spiro atoms. The molecule has 2 nitrogen and oxygen atoms in total. The highest BCUT2D eigenvalue weighted by Gasteiger charge is 2.16. The standard InChI is InChI=1S/C10H18N2/c1-3-7-12(4-2)9-10-5-6-11-8-10/h1,10-11H,4-9H2,2H3. The van der Waals surface area contributed by atoms with Gasteiger partial charge < -0.3 is 5.32 Å². The van der Waals surface area contributed by atoms with Crippen molar-refractivity contribution in [1.29, 1.82) is 0 Å². The second-order valence-electron chi connectivity index (χ2n) is 3.39. The molecule has 2 heteroatoms. The number of hydrogen-bond donors (Lipinski definition) is 1. The Morgan fingerprint density at radius 2 is 2.50 bits per heavy atom. The first-order valence-corrected chi connectivity index (χ1v) is 4.73. The Kier molecular flexibility index (Phi) is 4.13. The molecular formula is C10H18N2. The summed E-state index contributed by atoms with van der Waals surface area (Å²) in [5.41, 5.74) is 0. The van der Waals surface area contributed by atoms with Gasteiger partial charge in [-0.15, -0.1) is 6.42 Å².